The highest BCUT2D eigenvalue weighted by atomic mass is 16.4. The summed E-state index contributed by atoms with van der Waals surface area (Å²) in [5.74, 6) is -2.25. The summed E-state index contributed by atoms with van der Waals surface area (Å²) in [7, 11) is 0. The molecule has 1 saturated carbocycles. The fourth-order valence-corrected chi connectivity index (χ4v) is 2.84. The molecule has 0 radical (unpaired) electrons. The number of carboxylic acid groups (broad SMARTS) is 1. The third-order valence-corrected chi connectivity index (χ3v) is 3.98. The van der Waals surface area contributed by atoms with Gasteiger partial charge in [-0.15, -0.1) is 0 Å². The number of nitrogens with zero attached hydrogens (tertiary/aromatic N) is 2. The van der Waals surface area contributed by atoms with Gasteiger partial charge in [-0.05, 0) is 17.5 Å². The number of anilines is 1. The first-order chi connectivity index (χ1) is 8.85. The molecule has 1 saturated heterocycles. The van der Waals surface area contributed by atoms with E-state index in [-0.39, 0.29) is 40.6 Å². The van der Waals surface area contributed by atoms with Crippen molar-refractivity contribution in [3.8, 4) is 0 Å². The van der Waals surface area contributed by atoms with Crippen LogP contribution in [0.1, 0.15) is 24.3 Å². The molecule has 3 rings (SSSR count). The average Bonchev–Trinajstić information content (AvgIpc) is 2.79. The largest absolute Gasteiger partial charge is 0.477 e. The lowest BCUT2D eigenvalue weighted by atomic mass is 10.1. The molecule has 1 aliphatic heterocycles. The number of hydrogen-bond acceptors (Lipinski definition) is 4. The Morgan fingerprint density at radius 1 is 1.26 bits per heavy atom. The predicted molar refractivity (Wildman–Crippen MR) is 64.5 cm³/mol. The number of piperidine rings is 1. The Labute approximate surface area is 109 Å². The van der Waals surface area contributed by atoms with E-state index in [1.54, 1.807) is 0 Å². The van der Waals surface area contributed by atoms with Crippen molar-refractivity contribution < 1.29 is 19.5 Å². The van der Waals surface area contributed by atoms with E-state index in [9.17, 15) is 14.4 Å². The zero-order valence-electron chi connectivity index (χ0n) is 10.5. The van der Waals surface area contributed by atoms with Crippen LogP contribution in [0.15, 0.2) is 18.2 Å². The maximum absolute atomic E-state index is 12.2. The van der Waals surface area contributed by atoms with Gasteiger partial charge in [-0.1, -0.05) is 19.9 Å². The SMILES string of the molecule is CC1(C)C2C(=O)N(c3cccc(C(=O)O)n3)C(=O)C21. The Bertz CT molecular complexity index is 599. The van der Waals surface area contributed by atoms with Crippen LogP contribution in [0.25, 0.3) is 0 Å². The number of carboxylic acids is 1. The summed E-state index contributed by atoms with van der Waals surface area (Å²) < 4.78 is 0. The molecule has 2 unspecified atom stereocenters. The third kappa shape index (κ3) is 1.43. The molecule has 6 nitrogen and oxygen atoms in total. The number of aromatic nitrogens is 1. The van der Waals surface area contributed by atoms with Crippen LogP contribution in [0.3, 0.4) is 0 Å². The minimum atomic E-state index is -1.19. The Morgan fingerprint density at radius 2 is 1.84 bits per heavy atom. The summed E-state index contributed by atoms with van der Waals surface area (Å²) in [4.78, 5) is 40.1. The van der Waals surface area contributed by atoms with Gasteiger partial charge in [0.05, 0.1) is 11.8 Å². The summed E-state index contributed by atoms with van der Waals surface area (Å²) in [5, 5.41) is 8.88. The van der Waals surface area contributed by atoms with Crippen molar-refractivity contribution in [1.82, 2.24) is 4.98 Å². The normalized spacial score (nSPS) is 27.4. The Balaban J connectivity index is 1.97. The molecule has 6 heteroatoms. The van der Waals surface area contributed by atoms with Crippen LogP contribution in [-0.4, -0.2) is 27.9 Å². The standard InChI is InChI=1S/C13H12N2O4/c1-13(2)8-9(13)11(17)15(10(8)16)7-5-3-4-6(14-7)12(18)19/h3-5,8-9H,1-2H3,(H,18,19). The molecule has 2 fully saturated rings. The van der Waals surface area contributed by atoms with Crippen molar-refractivity contribution >= 4 is 23.6 Å². The molecular weight excluding hydrogens is 248 g/mol. The number of carbonyl (C=O) groups excluding carboxylic acids is 2. The van der Waals surface area contributed by atoms with Crippen LogP contribution >= 0.6 is 0 Å². The monoisotopic (exact) mass is 260 g/mol. The molecule has 1 aromatic heterocycles. The molecule has 1 N–H and O–H groups in total. The van der Waals surface area contributed by atoms with Crippen molar-refractivity contribution in [2.75, 3.05) is 4.90 Å². The van der Waals surface area contributed by atoms with Crippen molar-refractivity contribution in [2.45, 2.75) is 13.8 Å². The van der Waals surface area contributed by atoms with E-state index in [1.165, 1.54) is 18.2 Å². The lowest BCUT2D eigenvalue weighted by Crippen LogP contribution is -2.37. The number of fused-ring (bicyclic) bond motifs is 1. The van der Waals surface area contributed by atoms with E-state index >= 15 is 0 Å². The molecular formula is C13H12N2O4. The van der Waals surface area contributed by atoms with Gasteiger partial charge < -0.3 is 5.11 Å². The van der Waals surface area contributed by atoms with Gasteiger partial charge in [0.25, 0.3) is 0 Å². The highest BCUT2D eigenvalue weighted by Gasteiger charge is 2.72. The van der Waals surface area contributed by atoms with Gasteiger partial charge in [0.2, 0.25) is 11.8 Å². The highest BCUT2D eigenvalue weighted by molar-refractivity contribution is 6.25. The Hall–Kier alpha value is -2.24. The van der Waals surface area contributed by atoms with Gasteiger partial charge in [-0.2, -0.15) is 0 Å². The molecule has 0 aromatic carbocycles. The lowest BCUT2D eigenvalue weighted by molar-refractivity contribution is -0.125. The predicted octanol–water partition coefficient (Wildman–Crippen LogP) is 0.925. The summed E-state index contributed by atoms with van der Waals surface area (Å²) in [6, 6.07) is 4.27. The maximum Gasteiger partial charge on any atom is 0.354 e. The quantitative estimate of drug-likeness (QED) is 0.799. The van der Waals surface area contributed by atoms with Crippen LogP contribution in [0, 0.1) is 17.3 Å². The minimum absolute atomic E-state index is 0.0953. The van der Waals surface area contributed by atoms with Gasteiger partial charge in [-0.3, -0.25) is 9.59 Å². The Morgan fingerprint density at radius 3 is 2.37 bits per heavy atom. The number of hydrogen-bond donors (Lipinski definition) is 1. The first kappa shape index (κ1) is 11.8. The minimum Gasteiger partial charge on any atom is -0.477 e. The molecule has 0 spiro atoms. The second-order valence-corrected chi connectivity index (χ2v) is 5.47. The van der Waals surface area contributed by atoms with E-state index < -0.39 is 5.97 Å². The number of aromatic carboxylic acids is 1. The molecule has 2 heterocycles. The van der Waals surface area contributed by atoms with Gasteiger partial charge >= 0.3 is 5.97 Å². The molecule has 19 heavy (non-hydrogen) atoms. The van der Waals surface area contributed by atoms with Crippen molar-refractivity contribution in [2.24, 2.45) is 17.3 Å². The maximum atomic E-state index is 12.2. The van der Waals surface area contributed by atoms with E-state index in [0.717, 1.165) is 4.90 Å². The van der Waals surface area contributed by atoms with E-state index in [4.69, 9.17) is 5.11 Å². The number of imide groups is 1. The molecule has 1 aliphatic carbocycles. The van der Waals surface area contributed by atoms with Crippen LogP contribution in [0.5, 0.6) is 0 Å². The Kier molecular flexibility index (Phi) is 2.12. The van der Waals surface area contributed by atoms with Crippen LogP contribution < -0.4 is 4.90 Å². The molecule has 2 atom stereocenters. The van der Waals surface area contributed by atoms with Gasteiger partial charge in [-0.25, -0.2) is 14.7 Å². The average molecular weight is 260 g/mol. The summed E-state index contributed by atoms with van der Waals surface area (Å²) >= 11 is 0. The van der Waals surface area contributed by atoms with Gasteiger partial charge in [0.1, 0.15) is 5.82 Å². The van der Waals surface area contributed by atoms with Crippen LogP contribution in [0.2, 0.25) is 0 Å². The summed E-state index contributed by atoms with van der Waals surface area (Å²) in [6.45, 7) is 3.77. The van der Waals surface area contributed by atoms with Crippen molar-refractivity contribution in [1.29, 1.82) is 0 Å². The first-order valence-electron chi connectivity index (χ1n) is 5.94. The lowest BCUT2D eigenvalue weighted by Gasteiger charge is -2.19. The topological polar surface area (TPSA) is 87.6 Å². The fourth-order valence-electron chi connectivity index (χ4n) is 2.84. The molecule has 0 bridgehead atoms. The second kappa shape index (κ2) is 3.40. The molecule has 98 valence electrons. The number of amides is 2. The molecule has 2 aliphatic rings. The van der Waals surface area contributed by atoms with Crippen molar-refractivity contribution in [3.63, 3.8) is 0 Å². The van der Waals surface area contributed by atoms with Crippen molar-refractivity contribution in [3.05, 3.63) is 23.9 Å². The highest BCUT2D eigenvalue weighted by Crippen LogP contribution is 2.63. The van der Waals surface area contributed by atoms with Crippen LogP contribution in [-0.2, 0) is 9.59 Å². The molecule has 2 amide bonds. The third-order valence-electron chi connectivity index (χ3n) is 3.98. The number of pyridine rings is 1. The second-order valence-electron chi connectivity index (χ2n) is 5.47. The molecule has 1 aromatic rings. The summed E-state index contributed by atoms with van der Waals surface area (Å²) in [5.41, 5.74) is -0.465. The van der Waals surface area contributed by atoms with E-state index in [1.807, 2.05) is 13.8 Å². The smallest absolute Gasteiger partial charge is 0.354 e. The fraction of sp³-hybridized carbons (Fsp3) is 0.385. The van der Waals surface area contributed by atoms with Crippen LogP contribution in [0.4, 0.5) is 5.82 Å². The zero-order chi connectivity index (χ0) is 13.9. The summed E-state index contributed by atoms with van der Waals surface area (Å²) in [6.07, 6.45) is 0. The first-order valence-corrected chi connectivity index (χ1v) is 5.94. The van der Waals surface area contributed by atoms with E-state index in [0.29, 0.717) is 0 Å². The zero-order valence-corrected chi connectivity index (χ0v) is 10.5. The van der Waals surface area contributed by atoms with E-state index in [2.05, 4.69) is 4.98 Å². The van der Waals surface area contributed by atoms with Gasteiger partial charge in [0.15, 0.2) is 5.69 Å². The number of rotatable bonds is 2. The van der Waals surface area contributed by atoms with Gasteiger partial charge in [0, 0.05) is 0 Å². The number of carbonyl (C=O) groups is 3.